The fraction of sp³-hybridized carbons (Fsp3) is 0.0500. The van der Waals surface area contributed by atoms with E-state index in [9.17, 15) is 14.7 Å². The SMILES string of the molecule is O=C1C(=O)N(c2nccs2)C(c2cccc(Br)c2)/C1=C(/O)c1ccc(Cl)cc1. The fourth-order valence-electron chi connectivity index (χ4n) is 3.12. The first kappa shape index (κ1) is 18.9. The lowest BCUT2D eigenvalue weighted by molar-refractivity contribution is -0.132. The van der Waals surface area contributed by atoms with E-state index in [-0.39, 0.29) is 11.3 Å². The standard InChI is InChI=1S/C20H12BrClN2O3S/c21-13-3-1-2-12(10-13)16-15(17(25)11-4-6-14(22)7-5-11)18(26)19(27)24(16)20-23-8-9-28-20/h1-10,16,25H/b17-15-. The summed E-state index contributed by atoms with van der Waals surface area (Å²) in [5.41, 5.74) is 1.10. The highest BCUT2D eigenvalue weighted by atomic mass is 79.9. The summed E-state index contributed by atoms with van der Waals surface area (Å²) in [7, 11) is 0. The third-order valence-corrected chi connectivity index (χ3v) is 5.87. The topological polar surface area (TPSA) is 70.5 Å². The number of rotatable bonds is 3. The molecule has 1 atom stereocenters. The van der Waals surface area contributed by atoms with E-state index in [4.69, 9.17) is 11.6 Å². The Balaban J connectivity index is 1.95. The minimum Gasteiger partial charge on any atom is -0.507 e. The number of carbonyl (C=O) groups is 2. The van der Waals surface area contributed by atoms with E-state index >= 15 is 0 Å². The lowest BCUT2D eigenvalue weighted by Gasteiger charge is -2.23. The number of ketones is 1. The number of thiazole rings is 1. The highest BCUT2D eigenvalue weighted by Crippen LogP contribution is 2.43. The minimum absolute atomic E-state index is 0.0145. The number of hydrogen-bond donors (Lipinski definition) is 1. The van der Waals surface area contributed by atoms with Crippen LogP contribution in [0, 0.1) is 0 Å². The predicted molar refractivity (Wildman–Crippen MR) is 112 cm³/mol. The van der Waals surface area contributed by atoms with Gasteiger partial charge in [0, 0.05) is 26.6 Å². The predicted octanol–water partition coefficient (Wildman–Crippen LogP) is 5.19. The van der Waals surface area contributed by atoms with E-state index in [1.165, 1.54) is 16.2 Å². The maximum Gasteiger partial charge on any atom is 0.301 e. The summed E-state index contributed by atoms with van der Waals surface area (Å²) in [6, 6.07) is 12.9. The molecule has 1 unspecified atom stereocenters. The van der Waals surface area contributed by atoms with Gasteiger partial charge in [0.1, 0.15) is 5.76 Å². The molecule has 0 saturated carbocycles. The number of nitrogens with zero attached hydrogens (tertiary/aromatic N) is 2. The van der Waals surface area contributed by atoms with E-state index in [1.54, 1.807) is 41.9 Å². The minimum atomic E-state index is -0.792. The Labute approximate surface area is 178 Å². The van der Waals surface area contributed by atoms with Gasteiger partial charge in [-0.3, -0.25) is 14.5 Å². The molecule has 0 bridgehead atoms. The van der Waals surface area contributed by atoms with Crippen LogP contribution >= 0.6 is 38.9 Å². The first-order valence-electron chi connectivity index (χ1n) is 8.19. The molecule has 1 aromatic heterocycles. The van der Waals surface area contributed by atoms with Crippen molar-refractivity contribution < 1.29 is 14.7 Å². The van der Waals surface area contributed by atoms with Crippen molar-refractivity contribution in [3.05, 3.63) is 86.3 Å². The maximum atomic E-state index is 12.9. The molecule has 8 heteroatoms. The Morgan fingerprint density at radius 3 is 2.57 bits per heavy atom. The number of Topliss-reactive ketones (excluding diaryl/α,β-unsaturated/α-hetero) is 1. The van der Waals surface area contributed by atoms with Crippen LogP contribution in [0.2, 0.25) is 5.02 Å². The van der Waals surface area contributed by atoms with Crippen molar-refractivity contribution in [1.82, 2.24) is 4.98 Å². The number of anilines is 1. The summed E-state index contributed by atoms with van der Waals surface area (Å²) >= 11 is 10.6. The van der Waals surface area contributed by atoms with Gasteiger partial charge < -0.3 is 5.11 Å². The highest BCUT2D eigenvalue weighted by molar-refractivity contribution is 9.10. The molecule has 3 aromatic rings. The second-order valence-electron chi connectivity index (χ2n) is 6.05. The van der Waals surface area contributed by atoms with Crippen molar-refractivity contribution in [2.75, 3.05) is 4.90 Å². The molecule has 1 saturated heterocycles. The lowest BCUT2D eigenvalue weighted by atomic mass is 9.95. The van der Waals surface area contributed by atoms with Crippen LogP contribution in [0.3, 0.4) is 0 Å². The molecule has 5 nitrogen and oxygen atoms in total. The zero-order valence-electron chi connectivity index (χ0n) is 14.2. The van der Waals surface area contributed by atoms with Gasteiger partial charge in [-0.15, -0.1) is 11.3 Å². The van der Waals surface area contributed by atoms with E-state index in [0.29, 0.717) is 21.3 Å². The molecule has 1 fully saturated rings. The second-order valence-corrected chi connectivity index (χ2v) is 8.27. The van der Waals surface area contributed by atoms with Gasteiger partial charge in [0.25, 0.3) is 5.78 Å². The maximum absolute atomic E-state index is 12.9. The lowest BCUT2D eigenvalue weighted by Crippen LogP contribution is -2.29. The molecule has 28 heavy (non-hydrogen) atoms. The molecule has 1 N–H and O–H groups in total. The Bertz CT molecular complexity index is 1100. The molecule has 1 aliphatic heterocycles. The number of benzene rings is 2. The molecule has 1 amide bonds. The van der Waals surface area contributed by atoms with Crippen molar-refractivity contribution in [3.8, 4) is 0 Å². The van der Waals surface area contributed by atoms with Crippen LogP contribution in [0.4, 0.5) is 5.13 Å². The van der Waals surface area contributed by atoms with Gasteiger partial charge in [-0.1, -0.05) is 39.7 Å². The van der Waals surface area contributed by atoms with E-state index < -0.39 is 17.7 Å². The summed E-state index contributed by atoms with van der Waals surface area (Å²) in [6.07, 6.45) is 1.57. The van der Waals surface area contributed by atoms with E-state index in [1.807, 2.05) is 18.2 Å². The average molecular weight is 476 g/mol. The number of amides is 1. The highest BCUT2D eigenvalue weighted by Gasteiger charge is 2.47. The van der Waals surface area contributed by atoms with Crippen LogP contribution < -0.4 is 4.90 Å². The number of aliphatic hydroxyl groups excluding tert-OH is 1. The fourth-order valence-corrected chi connectivity index (χ4v) is 4.33. The molecule has 0 aliphatic carbocycles. The smallest absolute Gasteiger partial charge is 0.301 e. The number of carbonyl (C=O) groups excluding carboxylic acids is 2. The Kier molecular flexibility index (Phi) is 5.05. The molecule has 2 heterocycles. The first-order chi connectivity index (χ1) is 13.5. The summed E-state index contributed by atoms with van der Waals surface area (Å²) in [5.74, 6) is -1.73. The molecule has 0 radical (unpaired) electrons. The second kappa shape index (κ2) is 7.50. The van der Waals surface area contributed by atoms with Gasteiger partial charge in [-0.25, -0.2) is 4.98 Å². The summed E-state index contributed by atoms with van der Waals surface area (Å²) in [6.45, 7) is 0. The van der Waals surface area contributed by atoms with Crippen molar-refractivity contribution in [1.29, 1.82) is 0 Å². The Morgan fingerprint density at radius 1 is 1.18 bits per heavy atom. The molecular formula is C20H12BrClN2O3S. The number of hydrogen-bond acceptors (Lipinski definition) is 5. The van der Waals surface area contributed by atoms with Crippen LogP contribution in [0.25, 0.3) is 5.76 Å². The number of aliphatic hydroxyl groups is 1. The third kappa shape index (κ3) is 3.26. The van der Waals surface area contributed by atoms with Gasteiger partial charge in [-0.2, -0.15) is 0 Å². The van der Waals surface area contributed by atoms with Gasteiger partial charge in [0.2, 0.25) is 0 Å². The van der Waals surface area contributed by atoms with E-state index in [2.05, 4.69) is 20.9 Å². The van der Waals surface area contributed by atoms with Gasteiger partial charge in [0.05, 0.1) is 11.6 Å². The van der Waals surface area contributed by atoms with Gasteiger partial charge in [-0.05, 0) is 42.0 Å². The monoisotopic (exact) mass is 474 g/mol. The van der Waals surface area contributed by atoms with Crippen molar-refractivity contribution in [3.63, 3.8) is 0 Å². The molecule has 1 aliphatic rings. The Morgan fingerprint density at radius 2 is 1.93 bits per heavy atom. The zero-order chi connectivity index (χ0) is 19.8. The molecule has 140 valence electrons. The van der Waals surface area contributed by atoms with Crippen LogP contribution in [0.15, 0.2) is 70.2 Å². The average Bonchev–Trinajstić information content (AvgIpc) is 3.29. The first-order valence-corrected chi connectivity index (χ1v) is 10.2. The number of halogens is 2. The normalized spacial score (nSPS) is 18.6. The summed E-state index contributed by atoms with van der Waals surface area (Å²) in [5, 5.41) is 13.5. The Hall–Kier alpha value is -2.48. The van der Waals surface area contributed by atoms with Crippen LogP contribution in [0.5, 0.6) is 0 Å². The van der Waals surface area contributed by atoms with E-state index in [0.717, 1.165) is 4.47 Å². The molecule has 4 rings (SSSR count). The summed E-state index contributed by atoms with van der Waals surface area (Å²) in [4.78, 5) is 31.3. The van der Waals surface area contributed by atoms with Crippen LogP contribution in [-0.4, -0.2) is 21.8 Å². The third-order valence-electron chi connectivity index (χ3n) is 4.35. The summed E-state index contributed by atoms with van der Waals surface area (Å²) < 4.78 is 0.793. The quantitative estimate of drug-likeness (QED) is 0.322. The molecule has 2 aromatic carbocycles. The van der Waals surface area contributed by atoms with Crippen molar-refractivity contribution in [2.45, 2.75) is 6.04 Å². The van der Waals surface area contributed by atoms with Gasteiger partial charge >= 0.3 is 5.91 Å². The van der Waals surface area contributed by atoms with Crippen LogP contribution in [0.1, 0.15) is 17.2 Å². The zero-order valence-corrected chi connectivity index (χ0v) is 17.3. The number of aromatic nitrogens is 1. The van der Waals surface area contributed by atoms with Crippen LogP contribution in [-0.2, 0) is 9.59 Å². The molecular weight excluding hydrogens is 464 g/mol. The van der Waals surface area contributed by atoms with Gasteiger partial charge in [0.15, 0.2) is 5.13 Å². The van der Waals surface area contributed by atoms with Crippen molar-refractivity contribution >= 4 is 61.4 Å². The largest absolute Gasteiger partial charge is 0.507 e. The van der Waals surface area contributed by atoms with Crippen molar-refractivity contribution in [2.24, 2.45) is 0 Å². The molecule has 0 spiro atoms.